The first-order valence-electron chi connectivity index (χ1n) is 5.44. The van der Waals surface area contributed by atoms with E-state index in [1.165, 1.54) is 5.56 Å². The van der Waals surface area contributed by atoms with Gasteiger partial charge in [0, 0.05) is 17.9 Å². The van der Waals surface area contributed by atoms with Crippen LogP contribution in [0.25, 0.3) is 10.8 Å². The van der Waals surface area contributed by atoms with Gasteiger partial charge in [-0.25, -0.2) is 0 Å². The van der Waals surface area contributed by atoms with Crippen molar-refractivity contribution in [3.05, 3.63) is 42.0 Å². The second-order valence-corrected chi connectivity index (χ2v) is 3.99. The van der Waals surface area contributed by atoms with E-state index >= 15 is 0 Å². The monoisotopic (exact) mass is 216 g/mol. The molecule has 0 radical (unpaired) electrons. The molecule has 1 atom stereocenters. The van der Waals surface area contributed by atoms with E-state index in [0.717, 1.165) is 16.5 Å². The molecular weight excluding hydrogens is 200 g/mol. The Morgan fingerprint density at radius 2 is 1.81 bits per heavy atom. The van der Waals surface area contributed by atoms with Crippen molar-refractivity contribution in [3.8, 4) is 5.75 Å². The minimum Gasteiger partial charge on any atom is -0.496 e. The summed E-state index contributed by atoms with van der Waals surface area (Å²) >= 11 is 0. The summed E-state index contributed by atoms with van der Waals surface area (Å²) < 4.78 is 5.33. The van der Waals surface area contributed by atoms with Crippen LogP contribution >= 0.6 is 0 Å². The lowest BCUT2D eigenvalue weighted by Gasteiger charge is -2.13. The van der Waals surface area contributed by atoms with Gasteiger partial charge in [-0.2, -0.15) is 0 Å². The van der Waals surface area contributed by atoms with Gasteiger partial charge in [-0.05, 0) is 17.0 Å². The molecule has 0 spiro atoms. The second kappa shape index (κ2) is 4.54. The third kappa shape index (κ3) is 1.76. The topological polar surface area (TPSA) is 29.5 Å². The summed E-state index contributed by atoms with van der Waals surface area (Å²) in [5.41, 5.74) is 1.17. The molecule has 0 aliphatic heterocycles. The Kier molecular flexibility index (Phi) is 3.11. The molecule has 2 aromatic rings. The Balaban J connectivity index is 2.69. The van der Waals surface area contributed by atoms with Crippen LogP contribution in [0, 0.1) is 0 Å². The molecule has 2 rings (SSSR count). The van der Waals surface area contributed by atoms with E-state index in [2.05, 4.69) is 12.1 Å². The predicted molar refractivity (Wildman–Crippen MR) is 66.0 cm³/mol. The van der Waals surface area contributed by atoms with E-state index in [-0.39, 0.29) is 12.5 Å². The fraction of sp³-hybridized carbons (Fsp3) is 0.286. The Hall–Kier alpha value is -1.54. The molecule has 0 aromatic heterocycles. The summed E-state index contributed by atoms with van der Waals surface area (Å²) in [7, 11) is 1.68. The van der Waals surface area contributed by atoms with Crippen molar-refractivity contribution in [1.29, 1.82) is 0 Å². The van der Waals surface area contributed by atoms with Crippen molar-refractivity contribution in [2.75, 3.05) is 13.7 Å². The van der Waals surface area contributed by atoms with Gasteiger partial charge in [0.25, 0.3) is 0 Å². The molecule has 1 N–H and O–H groups in total. The number of fused-ring (bicyclic) bond motifs is 1. The normalized spacial score (nSPS) is 12.7. The summed E-state index contributed by atoms with van der Waals surface area (Å²) in [6.45, 7) is 2.19. The number of hydrogen-bond donors (Lipinski definition) is 1. The highest BCUT2D eigenvalue weighted by Gasteiger charge is 2.09. The van der Waals surface area contributed by atoms with Gasteiger partial charge in [-0.1, -0.05) is 37.3 Å². The third-order valence-corrected chi connectivity index (χ3v) is 2.94. The lowest BCUT2D eigenvalue weighted by molar-refractivity contribution is 0.273. The third-order valence-electron chi connectivity index (χ3n) is 2.94. The summed E-state index contributed by atoms with van der Waals surface area (Å²) in [5, 5.41) is 11.5. The van der Waals surface area contributed by atoms with Crippen LogP contribution in [0.5, 0.6) is 5.75 Å². The van der Waals surface area contributed by atoms with Crippen molar-refractivity contribution in [2.24, 2.45) is 0 Å². The molecule has 0 heterocycles. The Bertz CT molecular complexity index is 491. The smallest absolute Gasteiger partial charge is 0.126 e. The summed E-state index contributed by atoms with van der Waals surface area (Å²) in [6, 6.07) is 12.1. The zero-order chi connectivity index (χ0) is 11.5. The summed E-state index contributed by atoms with van der Waals surface area (Å²) in [5.74, 6) is 1.03. The van der Waals surface area contributed by atoms with Gasteiger partial charge in [0.2, 0.25) is 0 Å². The SMILES string of the molecule is COc1cccc2c(C(C)CO)cccc12. The van der Waals surface area contributed by atoms with Crippen molar-refractivity contribution in [2.45, 2.75) is 12.8 Å². The average molecular weight is 216 g/mol. The summed E-state index contributed by atoms with van der Waals surface area (Å²) in [6.07, 6.45) is 0. The average Bonchev–Trinajstić information content (AvgIpc) is 2.36. The van der Waals surface area contributed by atoms with Gasteiger partial charge in [-0.3, -0.25) is 0 Å². The summed E-state index contributed by atoms with van der Waals surface area (Å²) in [4.78, 5) is 0. The molecule has 2 heteroatoms. The standard InChI is InChI=1S/C14H16O2/c1-10(9-15)11-5-3-7-13-12(11)6-4-8-14(13)16-2/h3-8,10,15H,9H2,1-2H3. The van der Waals surface area contributed by atoms with Gasteiger partial charge in [0.1, 0.15) is 5.75 Å². The first-order valence-corrected chi connectivity index (χ1v) is 5.44. The fourth-order valence-corrected chi connectivity index (χ4v) is 2.01. The first kappa shape index (κ1) is 11.0. The highest BCUT2D eigenvalue weighted by molar-refractivity contribution is 5.91. The number of ether oxygens (including phenoxy) is 1. The molecule has 1 unspecified atom stereocenters. The number of rotatable bonds is 3. The Morgan fingerprint density at radius 1 is 1.12 bits per heavy atom. The number of aliphatic hydroxyl groups is 1. The van der Waals surface area contributed by atoms with E-state index in [9.17, 15) is 5.11 Å². The maximum Gasteiger partial charge on any atom is 0.126 e. The van der Waals surface area contributed by atoms with Crippen LogP contribution in [0.4, 0.5) is 0 Å². The molecule has 2 aromatic carbocycles. The molecule has 0 saturated heterocycles. The molecule has 2 nitrogen and oxygen atoms in total. The van der Waals surface area contributed by atoms with Crippen LogP contribution in [0.15, 0.2) is 36.4 Å². The minimum atomic E-state index is 0.149. The maximum atomic E-state index is 9.24. The van der Waals surface area contributed by atoms with Crippen molar-refractivity contribution >= 4 is 10.8 Å². The molecule has 16 heavy (non-hydrogen) atoms. The molecule has 0 aliphatic carbocycles. The van der Waals surface area contributed by atoms with E-state index in [1.54, 1.807) is 7.11 Å². The van der Waals surface area contributed by atoms with Gasteiger partial charge in [0.15, 0.2) is 0 Å². The minimum absolute atomic E-state index is 0.149. The molecule has 0 bridgehead atoms. The Labute approximate surface area is 95.5 Å². The zero-order valence-electron chi connectivity index (χ0n) is 9.60. The number of aliphatic hydroxyl groups excluding tert-OH is 1. The number of benzene rings is 2. The first-order chi connectivity index (χ1) is 7.77. The molecule has 84 valence electrons. The van der Waals surface area contributed by atoms with E-state index in [1.807, 2.05) is 31.2 Å². The van der Waals surface area contributed by atoms with E-state index in [4.69, 9.17) is 4.74 Å². The highest BCUT2D eigenvalue weighted by Crippen LogP contribution is 2.31. The molecule has 0 amide bonds. The number of methoxy groups -OCH3 is 1. The zero-order valence-corrected chi connectivity index (χ0v) is 9.60. The quantitative estimate of drug-likeness (QED) is 0.854. The Morgan fingerprint density at radius 3 is 2.50 bits per heavy atom. The molecule has 0 saturated carbocycles. The van der Waals surface area contributed by atoms with Crippen molar-refractivity contribution < 1.29 is 9.84 Å². The van der Waals surface area contributed by atoms with Crippen molar-refractivity contribution in [3.63, 3.8) is 0 Å². The highest BCUT2D eigenvalue weighted by atomic mass is 16.5. The lowest BCUT2D eigenvalue weighted by atomic mass is 9.95. The van der Waals surface area contributed by atoms with Gasteiger partial charge >= 0.3 is 0 Å². The van der Waals surface area contributed by atoms with Crippen LogP contribution in [0.2, 0.25) is 0 Å². The molecule has 0 fully saturated rings. The van der Waals surface area contributed by atoms with Gasteiger partial charge in [-0.15, -0.1) is 0 Å². The van der Waals surface area contributed by atoms with Gasteiger partial charge < -0.3 is 9.84 Å². The second-order valence-electron chi connectivity index (χ2n) is 3.99. The number of hydrogen-bond acceptors (Lipinski definition) is 2. The van der Waals surface area contributed by atoms with E-state index in [0.29, 0.717) is 0 Å². The molecular formula is C14H16O2. The van der Waals surface area contributed by atoms with E-state index < -0.39 is 0 Å². The van der Waals surface area contributed by atoms with Crippen LogP contribution < -0.4 is 4.74 Å². The fourth-order valence-electron chi connectivity index (χ4n) is 2.01. The van der Waals surface area contributed by atoms with Crippen LogP contribution in [0.1, 0.15) is 18.4 Å². The largest absolute Gasteiger partial charge is 0.496 e. The van der Waals surface area contributed by atoms with Crippen molar-refractivity contribution in [1.82, 2.24) is 0 Å². The van der Waals surface area contributed by atoms with Gasteiger partial charge in [0.05, 0.1) is 7.11 Å². The van der Waals surface area contributed by atoms with Crippen LogP contribution in [-0.2, 0) is 0 Å². The lowest BCUT2D eigenvalue weighted by Crippen LogP contribution is -1.99. The van der Waals surface area contributed by atoms with Crippen LogP contribution in [-0.4, -0.2) is 18.8 Å². The van der Waals surface area contributed by atoms with Crippen LogP contribution in [0.3, 0.4) is 0 Å². The molecule has 0 aliphatic rings. The maximum absolute atomic E-state index is 9.24. The predicted octanol–water partition coefficient (Wildman–Crippen LogP) is 2.94.